The highest BCUT2D eigenvalue weighted by Crippen LogP contribution is 2.34. The number of aliphatic imine (C=N–C) groups is 1. The van der Waals surface area contributed by atoms with E-state index in [2.05, 4.69) is 20.6 Å². The van der Waals surface area contributed by atoms with E-state index in [-0.39, 0.29) is 53.8 Å². The SMILES string of the molecule is CN=C(NCc1ncc(C(C)(C)C)o1)NCc1ccc(OC)cc1C(F)(F)F.I. The summed E-state index contributed by atoms with van der Waals surface area (Å²) in [6.07, 6.45) is -2.82. The van der Waals surface area contributed by atoms with Crippen LogP contribution >= 0.6 is 24.0 Å². The molecule has 0 unspecified atom stereocenters. The fourth-order valence-electron chi connectivity index (χ4n) is 2.40. The number of methoxy groups -OCH3 is 1. The number of hydrogen-bond donors (Lipinski definition) is 2. The molecule has 0 aliphatic heterocycles. The van der Waals surface area contributed by atoms with Crippen molar-refractivity contribution in [3.05, 3.63) is 47.2 Å². The Balaban J connectivity index is 0.00000420. The maximum Gasteiger partial charge on any atom is 0.416 e. The first-order chi connectivity index (χ1) is 13.0. The Kier molecular flexibility index (Phi) is 8.79. The Morgan fingerprint density at radius 2 is 1.83 bits per heavy atom. The molecule has 0 aliphatic rings. The van der Waals surface area contributed by atoms with Gasteiger partial charge in [-0.1, -0.05) is 26.8 Å². The maximum atomic E-state index is 13.3. The van der Waals surface area contributed by atoms with E-state index < -0.39 is 11.7 Å². The van der Waals surface area contributed by atoms with Crippen LogP contribution in [0, 0.1) is 0 Å². The van der Waals surface area contributed by atoms with Crippen LogP contribution in [0.15, 0.2) is 33.8 Å². The summed E-state index contributed by atoms with van der Waals surface area (Å²) < 4.78 is 50.4. The fourth-order valence-corrected chi connectivity index (χ4v) is 2.40. The minimum absolute atomic E-state index is 0. The van der Waals surface area contributed by atoms with E-state index in [4.69, 9.17) is 9.15 Å². The molecule has 2 aromatic rings. The molecule has 162 valence electrons. The van der Waals surface area contributed by atoms with Gasteiger partial charge in [-0.15, -0.1) is 24.0 Å². The van der Waals surface area contributed by atoms with Gasteiger partial charge in [0, 0.05) is 19.0 Å². The number of rotatable bonds is 5. The minimum atomic E-state index is -4.48. The molecule has 0 amide bonds. The van der Waals surface area contributed by atoms with Crippen molar-refractivity contribution in [1.82, 2.24) is 15.6 Å². The number of ether oxygens (including phenoxy) is 1. The molecular weight excluding hydrogens is 500 g/mol. The molecule has 29 heavy (non-hydrogen) atoms. The Morgan fingerprint density at radius 1 is 1.17 bits per heavy atom. The van der Waals surface area contributed by atoms with Gasteiger partial charge in [-0.2, -0.15) is 13.2 Å². The number of benzene rings is 1. The van der Waals surface area contributed by atoms with E-state index in [9.17, 15) is 13.2 Å². The van der Waals surface area contributed by atoms with Crippen LogP contribution in [0.2, 0.25) is 0 Å². The molecule has 10 heteroatoms. The molecule has 0 radical (unpaired) electrons. The van der Waals surface area contributed by atoms with E-state index in [0.717, 1.165) is 11.8 Å². The lowest BCUT2D eigenvalue weighted by atomic mass is 9.94. The van der Waals surface area contributed by atoms with E-state index in [1.165, 1.54) is 26.3 Å². The van der Waals surface area contributed by atoms with E-state index in [1.807, 2.05) is 20.8 Å². The van der Waals surface area contributed by atoms with Crippen LogP contribution in [0.25, 0.3) is 0 Å². The second-order valence-corrected chi connectivity index (χ2v) is 7.17. The second-order valence-electron chi connectivity index (χ2n) is 7.17. The largest absolute Gasteiger partial charge is 0.497 e. The average molecular weight is 526 g/mol. The minimum Gasteiger partial charge on any atom is -0.497 e. The summed E-state index contributed by atoms with van der Waals surface area (Å²) in [6, 6.07) is 3.85. The van der Waals surface area contributed by atoms with Crippen LogP contribution in [-0.2, 0) is 24.7 Å². The van der Waals surface area contributed by atoms with E-state index in [0.29, 0.717) is 11.9 Å². The van der Waals surface area contributed by atoms with Crippen molar-refractivity contribution in [3.63, 3.8) is 0 Å². The van der Waals surface area contributed by atoms with Crippen LogP contribution in [0.4, 0.5) is 13.2 Å². The molecule has 2 rings (SSSR count). The maximum absolute atomic E-state index is 13.3. The molecule has 0 spiro atoms. The third-order valence-corrected chi connectivity index (χ3v) is 3.99. The highest BCUT2D eigenvalue weighted by atomic mass is 127. The van der Waals surface area contributed by atoms with Gasteiger partial charge < -0.3 is 19.8 Å². The van der Waals surface area contributed by atoms with Gasteiger partial charge in [-0.25, -0.2) is 4.98 Å². The van der Waals surface area contributed by atoms with Crippen LogP contribution in [-0.4, -0.2) is 25.1 Å². The molecular formula is C19H26F3IN4O2. The molecule has 0 aliphatic carbocycles. The van der Waals surface area contributed by atoms with Crippen molar-refractivity contribution in [2.75, 3.05) is 14.2 Å². The molecule has 0 bridgehead atoms. The summed E-state index contributed by atoms with van der Waals surface area (Å²) in [4.78, 5) is 8.22. The van der Waals surface area contributed by atoms with Crippen molar-refractivity contribution >= 4 is 29.9 Å². The normalized spacial score (nSPS) is 12.3. The first-order valence-corrected chi connectivity index (χ1v) is 8.68. The Hall–Kier alpha value is -1.98. The Labute approximate surface area is 185 Å². The molecule has 0 saturated heterocycles. The first kappa shape index (κ1) is 25.1. The third kappa shape index (κ3) is 7.09. The van der Waals surface area contributed by atoms with Gasteiger partial charge in [0.2, 0.25) is 5.89 Å². The molecule has 6 nitrogen and oxygen atoms in total. The number of hydrogen-bond acceptors (Lipinski definition) is 4. The van der Waals surface area contributed by atoms with Crippen LogP contribution in [0.5, 0.6) is 5.75 Å². The van der Waals surface area contributed by atoms with Gasteiger partial charge >= 0.3 is 6.18 Å². The lowest BCUT2D eigenvalue weighted by Gasteiger charge is -2.16. The predicted octanol–water partition coefficient (Wildman–Crippen LogP) is 4.48. The van der Waals surface area contributed by atoms with Crippen molar-refractivity contribution in [1.29, 1.82) is 0 Å². The third-order valence-electron chi connectivity index (χ3n) is 3.99. The van der Waals surface area contributed by atoms with Crippen LogP contribution in [0.1, 0.15) is 43.5 Å². The molecule has 0 fully saturated rings. The zero-order chi connectivity index (χ0) is 20.9. The van der Waals surface area contributed by atoms with Gasteiger partial charge in [-0.3, -0.25) is 4.99 Å². The van der Waals surface area contributed by atoms with Crippen molar-refractivity contribution in [2.24, 2.45) is 4.99 Å². The quantitative estimate of drug-likeness (QED) is 0.342. The number of oxazole rings is 1. The number of alkyl halides is 3. The number of aromatic nitrogens is 1. The van der Waals surface area contributed by atoms with Crippen LogP contribution in [0.3, 0.4) is 0 Å². The summed E-state index contributed by atoms with van der Waals surface area (Å²) in [7, 11) is 2.86. The number of nitrogens with zero attached hydrogens (tertiary/aromatic N) is 2. The van der Waals surface area contributed by atoms with E-state index in [1.54, 1.807) is 6.20 Å². The van der Waals surface area contributed by atoms with Gasteiger partial charge in [0.15, 0.2) is 5.96 Å². The second kappa shape index (κ2) is 10.2. The zero-order valence-corrected chi connectivity index (χ0v) is 19.3. The lowest BCUT2D eigenvalue weighted by molar-refractivity contribution is -0.138. The number of nitrogens with one attached hydrogen (secondary N) is 2. The molecule has 1 aromatic carbocycles. The Morgan fingerprint density at radius 3 is 2.34 bits per heavy atom. The topological polar surface area (TPSA) is 71.7 Å². The van der Waals surface area contributed by atoms with Gasteiger partial charge in [0.25, 0.3) is 0 Å². The van der Waals surface area contributed by atoms with Crippen molar-refractivity contribution < 1.29 is 22.3 Å². The first-order valence-electron chi connectivity index (χ1n) is 8.68. The lowest BCUT2D eigenvalue weighted by Crippen LogP contribution is -2.36. The summed E-state index contributed by atoms with van der Waals surface area (Å²) in [5.41, 5.74) is -0.826. The summed E-state index contributed by atoms with van der Waals surface area (Å²) in [6.45, 7) is 6.23. The van der Waals surface area contributed by atoms with E-state index >= 15 is 0 Å². The smallest absolute Gasteiger partial charge is 0.416 e. The average Bonchev–Trinajstić information content (AvgIpc) is 3.10. The molecule has 1 heterocycles. The standard InChI is InChI=1S/C19H25F3N4O2.HI/c1-18(2,3)15-10-24-16(28-15)11-26-17(23-4)25-9-12-6-7-13(27-5)8-14(12)19(20,21)22;/h6-8,10H,9,11H2,1-5H3,(H2,23,25,26);1H. The summed E-state index contributed by atoms with van der Waals surface area (Å²) in [5, 5.41) is 5.85. The molecule has 0 saturated carbocycles. The molecule has 1 aromatic heterocycles. The molecule has 2 N–H and O–H groups in total. The van der Waals surface area contributed by atoms with Crippen molar-refractivity contribution in [3.8, 4) is 5.75 Å². The van der Waals surface area contributed by atoms with Crippen molar-refractivity contribution in [2.45, 2.75) is 45.5 Å². The zero-order valence-electron chi connectivity index (χ0n) is 17.0. The predicted molar refractivity (Wildman–Crippen MR) is 116 cm³/mol. The highest BCUT2D eigenvalue weighted by molar-refractivity contribution is 14.0. The highest BCUT2D eigenvalue weighted by Gasteiger charge is 2.33. The summed E-state index contributed by atoms with van der Waals surface area (Å²) >= 11 is 0. The number of guanidine groups is 1. The Bertz CT molecular complexity index is 830. The van der Waals surface area contributed by atoms with Gasteiger partial charge in [-0.05, 0) is 17.7 Å². The summed E-state index contributed by atoms with van der Waals surface area (Å²) in [5.74, 6) is 1.70. The molecule has 0 atom stereocenters. The monoisotopic (exact) mass is 526 g/mol. The fraction of sp³-hybridized carbons (Fsp3) is 0.474. The number of halogens is 4. The van der Waals surface area contributed by atoms with Gasteiger partial charge in [0.05, 0.1) is 25.4 Å². The van der Waals surface area contributed by atoms with Gasteiger partial charge in [0.1, 0.15) is 11.5 Å². The van der Waals surface area contributed by atoms with Crippen LogP contribution < -0.4 is 15.4 Å².